The van der Waals surface area contributed by atoms with E-state index in [1.165, 1.54) is 0 Å². The van der Waals surface area contributed by atoms with Gasteiger partial charge < -0.3 is 18.9 Å². The van der Waals surface area contributed by atoms with Crippen LogP contribution in [0.5, 0.6) is 11.5 Å². The number of hydrogen-bond donors (Lipinski definition) is 0. The maximum absolute atomic E-state index is 13.7. The summed E-state index contributed by atoms with van der Waals surface area (Å²) in [5.41, 5.74) is 0.876. The molecule has 1 aliphatic heterocycles. The average Bonchev–Trinajstić information content (AvgIpc) is 2.92. The van der Waals surface area contributed by atoms with Crippen LogP contribution in [0.25, 0.3) is 11.4 Å². The molecule has 0 fully saturated rings. The molecule has 1 aromatic carbocycles. The molecule has 0 spiro atoms. The minimum absolute atomic E-state index is 0.0795. The second-order valence-electron chi connectivity index (χ2n) is 8.91. The number of aromatic nitrogens is 2. The number of alkyl halides is 1. The van der Waals surface area contributed by atoms with Gasteiger partial charge in [0, 0.05) is 18.1 Å². The van der Waals surface area contributed by atoms with Crippen LogP contribution >= 0.6 is 0 Å². The maximum atomic E-state index is 13.7. The Morgan fingerprint density at radius 3 is 2.39 bits per heavy atom. The number of ether oxygens (including phenoxy) is 4. The number of benzene rings is 1. The molecule has 0 N–H and O–H groups in total. The van der Waals surface area contributed by atoms with Gasteiger partial charge in [0.1, 0.15) is 31.2 Å². The van der Waals surface area contributed by atoms with Gasteiger partial charge in [-0.05, 0) is 49.6 Å². The highest BCUT2D eigenvalue weighted by molar-refractivity contribution is 5.56. The second kappa shape index (κ2) is 15.8. The number of allylic oxidation sites excluding steroid dienone is 2. The van der Waals surface area contributed by atoms with Gasteiger partial charge in [0.05, 0.1) is 19.0 Å². The Morgan fingerprint density at radius 2 is 1.69 bits per heavy atom. The van der Waals surface area contributed by atoms with E-state index in [1.54, 1.807) is 12.4 Å². The monoisotopic (exact) mass is 498 g/mol. The molecule has 0 saturated carbocycles. The van der Waals surface area contributed by atoms with Crippen LogP contribution in [0.1, 0.15) is 65.2 Å². The quantitative estimate of drug-likeness (QED) is 0.215. The molecule has 1 aromatic heterocycles. The molecule has 0 aliphatic carbocycles. The zero-order valence-electron chi connectivity index (χ0n) is 21.5. The SMILES string of the molecule is CCCCCC(COc1ccc(-c2ncc(OCC[C@@H](F)CCCC)cn2)cc1)OC1=CC=CCO1. The van der Waals surface area contributed by atoms with Crippen molar-refractivity contribution in [2.45, 2.75) is 77.5 Å². The number of unbranched alkanes of at least 4 members (excludes halogenated alkanes) is 3. The molecule has 0 amide bonds. The molecule has 6 nitrogen and oxygen atoms in total. The largest absolute Gasteiger partial charge is 0.490 e. The van der Waals surface area contributed by atoms with E-state index >= 15 is 0 Å². The lowest BCUT2D eigenvalue weighted by molar-refractivity contribution is -0.0237. The third-order valence-corrected chi connectivity index (χ3v) is 5.85. The summed E-state index contributed by atoms with van der Waals surface area (Å²) < 4.78 is 36.9. The normalized spacial score (nSPS) is 14.5. The van der Waals surface area contributed by atoms with Crippen LogP contribution in [0.4, 0.5) is 4.39 Å². The number of halogens is 1. The van der Waals surface area contributed by atoms with E-state index < -0.39 is 6.17 Å². The first-order valence-electron chi connectivity index (χ1n) is 13.2. The molecule has 0 saturated heterocycles. The molecule has 2 atom stereocenters. The first-order chi connectivity index (χ1) is 17.7. The first-order valence-corrected chi connectivity index (χ1v) is 13.2. The van der Waals surface area contributed by atoms with Gasteiger partial charge in [-0.1, -0.05) is 45.6 Å². The van der Waals surface area contributed by atoms with Crippen molar-refractivity contribution in [2.24, 2.45) is 0 Å². The number of nitrogens with zero attached hydrogens (tertiary/aromatic N) is 2. The van der Waals surface area contributed by atoms with Crippen LogP contribution in [0, 0.1) is 0 Å². The second-order valence-corrected chi connectivity index (χ2v) is 8.91. The molecule has 2 heterocycles. The fraction of sp³-hybridized carbons (Fsp3) is 0.517. The van der Waals surface area contributed by atoms with Gasteiger partial charge in [-0.2, -0.15) is 0 Å². The summed E-state index contributed by atoms with van der Waals surface area (Å²) in [6, 6.07) is 7.67. The Morgan fingerprint density at radius 1 is 0.917 bits per heavy atom. The van der Waals surface area contributed by atoms with Crippen LogP contribution in [-0.4, -0.2) is 42.1 Å². The lowest BCUT2D eigenvalue weighted by Crippen LogP contribution is -2.23. The van der Waals surface area contributed by atoms with E-state index in [-0.39, 0.29) is 6.10 Å². The molecule has 1 aliphatic rings. The third-order valence-electron chi connectivity index (χ3n) is 5.85. The van der Waals surface area contributed by atoms with E-state index in [1.807, 2.05) is 42.5 Å². The Labute approximate surface area is 214 Å². The molecular weight excluding hydrogens is 459 g/mol. The van der Waals surface area contributed by atoms with Gasteiger partial charge in [0.2, 0.25) is 0 Å². The summed E-state index contributed by atoms with van der Waals surface area (Å²) in [6.07, 6.45) is 15.3. The molecule has 1 unspecified atom stereocenters. The predicted octanol–water partition coefficient (Wildman–Crippen LogP) is 7.21. The van der Waals surface area contributed by atoms with Gasteiger partial charge in [-0.15, -0.1) is 0 Å². The summed E-state index contributed by atoms with van der Waals surface area (Å²) in [6.45, 7) is 5.54. The van der Waals surface area contributed by atoms with Crippen molar-refractivity contribution in [1.29, 1.82) is 0 Å². The van der Waals surface area contributed by atoms with Gasteiger partial charge in [-0.25, -0.2) is 14.4 Å². The van der Waals surface area contributed by atoms with E-state index in [0.29, 0.717) is 50.2 Å². The van der Waals surface area contributed by atoms with Gasteiger partial charge in [0.25, 0.3) is 5.95 Å². The fourth-order valence-corrected chi connectivity index (χ4v) is 3.72. The minimum Gasteiger partial charge on any atom is -0.490 e. The van der Waals surface area contributed by atoms with Gasteiger partial charge in [-0.3, -0.25) is 0 Å². The summed E-state index contributed by atoms with van der Waals surface area (Å²) >= 11 is 0. The topological polar surface area (TPSA) is 62.7 Å². The van der Waals surface area contributed by atoms with Crippen molar-refractivity contribution >= 4 is 0 Å². The summed E-state index contributed by atoms with van der Waals surface area (Å²) in [5, 5.41) is 0. The van der Waals surface area contributed by atoms with E-state index in [9.17, 15) is 4.39 Å². The highest BCUT2D eigenvalue weighted by Crippen LogP contribution is 2.22. The zero-order valence-corrected chi connectivity index (χ0v) is 21.5. The standard InChI is InChI=1S/C29H39FN2O4/c1-3-5-7-11-26(36-28-12-8-9-18-34-28)22-35-25-15-13-23(14-16-25)29-31-20-27(21-32-29)33-19-17-24(30)10-6-4-2/h8-9,12-16,20-21,24,26H,3-7,10-11,17-19,22H2,1-2H3/t24-,26?/m0/s1. The molecule has 0 radical (unpaired) electrons. The highest BCUT2D eigenvalue weighted by atomic mass is 19.1. The molecule has 2 aromatic rings. The van der Waals surface area contributed by atoms with Crippen LogP contribution in [0.3, 0.4) is 0 Å². The third kappa shape index (κ3) is 9.88. The van der Waals surface area contributed by atoms with E-state index in [4.69, 9.17) is 18.9 Å². The smallest absolute Gasteiger partial charge is 0.279 e. The molecule has 196 valence electrons. The maximum Gasteiger partial charge on any atom is 0.279 e. The zero-order chi connectivity index (χ0) is 25.4. The van der Waals surface area contributed by atoms with Crippen molar-refractivity contribution in [1.82, 2.24) is 9.97 Å². The lowest BCUT2D eigenvalue weighted by atomic mass is 10.1. The average molecular weight is 499 g/mol. The van der Waals surface area contributed by atoms with Crippen molar-refractivity contribution in [3.8, 4) is 22.9 Å². The lowest BCUT2D eigenvalue weighted by Gasteiger charge is -2.22. The van der Waals surface area contributed by atoms with E-state index in [0.717, 1.165) is 49.8 Å². The summed E-state index contributed by atoms with van der Waals surface area (Å²) in [7, 11) is 0. The molecular formula is C29H39FN2O4. The summed E-state index contributed by atoms with van der Waals surface area (Å²) in [4.78, 5) is 8.78. The summed E-state index contributed by atoms with van der Waals surface area (Å²) in [5.74, 6) is 2.44. The van der Waals surface area contributed by atoms with Gasteiger partial charge in [0.15, 0.2) is 11.6 Å². The van der Waals surface area contributed by atoms with Crippen LogP contribution < -0.4 is 9.47 Å². The van der Waals surface area contributed by atoms with Crippen molar-refractivity contribution in [3.63, 3.8) is 0 Å². The molecule has 0 bridgehead atoms. The minimum atomic E-state index is -0.820. The highest BCUT2D eigenvalue weighted by Gasteiger charge is 2.15. The van der Waals surface area contributed by atoms with Crippen molar-refractivity contribution in [2.75, 3.05) is 19.8 Å². The van der Waals surface area contributed by atoms with E-state index in [2.05, 4.69) is 23.8 Å². The van der Waals surface area contributed by atoms with Crippen molar-refractivity contribution < 1.29 is 23.3 Å². The number of rotatable bonds is 17. The van der Waals surface area contributed by atoms with Crippen molar-refractivity contribution in [3.05, 3.63) is 60.8 Å². The Kier molecular flexibility index (Phi) is 12.1. The van der Waals surface area contributed by atoms with Crippen LogP contribution in [0.2, 0.25) is 0 Å². The molecule has 36 heavy (non-hydrogen) atoms. The fourth-order valence-electron chi connectivity index (χ4n) is 3.72. The van der Waals surface area contributed by atoms with Crippen LogP contribution in [0.15, 0.2) is 60.8 Å². The Balaban J connectivity index is 1.47. The molecule has 3 rings (SSSR count). The number of hydrogen-bond acceptors (Lipinski definition) is 6. The Bertz CT molecular complexity index is 931. The molecule has 7 heteroatoms. The first kappa shape index (κ1) is 27.5. The predicted molar refractivity (Wildman–Crippen MR) is 140 cm³/mol. The Hall–Kier alpha value is -3.09. The van der Waals surface area contributed by atoms with Crippen LogP contribution in [-0.2, 0) is 9.47 Å². The van der Waals surface area contributed by atoms with Gasteiger partial charge >= 0.3 is 0 Å².